The molecule has 0 heterocycles. The van der Waals surface area contributed by atoms with Crippen LogP contribution >= 0.6 is 0 Å². The molecule has 0 spiro atoms. The molecule has 2 N–H and O–H groups in total. The van der Waals surface area contributed by atoms with E-state index in [-0.39, 0.29) is 6.42 Å². The maximum absolute atomic E-state index is 11.7. The van der Waals surface area contributed by atoms with Gasteiger partial charge in [-0.25, -0.2) is 8.78 Å². The molecule has 0 aliphatic rings. The Morgan fingerprint density at radius 1 is 1.38 bits per heavy atom. The Hall–Kier alpha value is -0.710. The van der Waals surface area contributed by atoms with Gasteiger partial charge in [0, 0.05) is 6.42 Å². The van der Waals surface area contributed by atoms with E-state index in [9.17, 15) is 13.6 Å². The summed E-state index contributed by atoms with van der Waals surface area (Å²) in [7, 11) is 1.55. The number of nitrogens with one attached hydrogen (secondary N) is 1. The molecule has 0 aromatic heterocycles. The zero-order valence-electron chi connectivity index (χ0n) is 7.59. The van der Waals surface area contributed by atoms with E-state index in [1.165, 1.54) is 0 Å². The summed E-state index contributed by atoms with van der Waals surface area (Å²) in [6.07, 6.45) is -1.13. The maximum atomic E-state index is 11.7. The van der Waals surface area contributed by atoms with E-state index < -0.39 is 18.4 Å². The van der Waals surface area contributed by atoms with Crippen molar-refractivity contribution in [2.45, 2.75) is 38.2 Å². The Morgan fingerprint density at radius 3 is 2.31 bits per heavy atom. The van der Waals surface area contributed by atoms with E-state index in [4.69, 9.17) is 5.11 Å². The van der Waals surface area contributed by atoms with Crippen molar-refractivity contribution >= 4 is 5.97 Å². The van der Waals surface area contributed by atoms with Gasteiger partial charge in [-0.05, 0) is 19.9 Å². The van der Waals surface area contributed by atoms with Crippen LogP contribution in [0.3, 0.4) is 0 Å². The van der Waals surface area contributed by atoms with Crippen molar-refractivity contribution in [2.75, 3.05) is 7.05 Å². The normalized spacial score (nSPS) is 13.2. The van der Waals surface area contributed by atoms with Crippen LogP contribution in [0, 0.1) is 0 Å². The van der Waals surface area contributed by atoms with Crippen molar-refractivity contribution < 1.29 is 18.7 Å². The molecule has 0 bridgehead atoms. The molecule has 0 aliphatic carbocycles. The van der Waals surface area contributed by atoms with Gasteiger partial charge in [0.05, 0.1) is 0 Å². The van der Waals surface area contributed by atoms with Gasteiger partial charge >= 0.3 is 5.97 Å². The smallest absolute Gasteiger partial charge is 0.320 e. The van der Waals surface area contributed by atoms with Gasteiger partial charge in [-0.15, -0.1) is 0 Å². The Labute approximate surface area is 76.1 Å². The third-order valence-corrected chi connectivity index (χ3v) is 1.81. The highest BCUT2D eigenvalue weighted by Gasteiger charge is 2.13. The molecule has 1 atom stereocenters. The van der Waals surface area contributed by atoms with E-state index in [1.807, 2.05) is 0 Å². The molecular formula is C8H15F2NO2. The van der Waals surface area contributed by atoms with E-state index in [0.29, 0.717) is 19.3 Å². The molecule has 0 rings (SSSR count). The molecule has 0 saturated heterocycles. The second-order valence-corrected chi connectivity index (χ2v) is 2.86. The van der Waals surface area contributed by atoms with Crippen LogP contribution in [0.25, 0.3) is 0 Å². The van der Waals surface area contributed by atoms with Crippen LogP contribution in [0.4, 0.5) is 8.78 Å². The fourth-order valence-corrected chi connectivity index (χ4v) is 1.04. The minimum atomic E-state index is -2.28. The summed E-state index contributed by atoms with van der Waals surface area (Å²) in [6.45, 7) is 0. The van der Waals surface area contributed by atoms with Crippen LogP contribution in [-0.2, 0) is 4.79 Å². The number of unbranched alkanes of at least 4 members (excludes halogenated alkanes) is 1. The third-order valence-electron chi connectivity index (χ3n) is 1.81. The highest BCUT2D eigenvalue weighted by atomic mass is 19.3. The lowest BCUT2D eigenvalue weighted by atomic mass is 10.1. The van der Waals surface area contributed by atoms with Gasteiger partial charge in [-0.1, -0.05) is 6.42 Å². The highest BCUT2D eigenvalue weighted by Crippen LogP contribution is 2.09. The van der Waals surface area contributed by atoms with E-state index >= 15 is 0 Å². The number of hydrogen-bond donors (Lipinski definition) is 2. The Morgan fingerprint density at radius 2 is 1.92 bits per heavy atom. The lowest BCUT2D eigenvalue weighted by Gasteiger charge is -2.09. The van der Waals surface area contributed by atoms with Crippen molar-refractivity contribution in [3.8, 4) is 0 Å². The lowest BCUT2D eigenvalue weighted by molar-refractivity contribution is -0.139. The van der Waals surface area contributed by atoms with Gasteiger partial charge in [0.25, 0.3) is 0 Å². The largest absolute Gasteiger partial charge is 0.480 e. The maximum Gasteiger partial charge on any atom is 0.320 e. The van der Waals surface area contributed by atoms with Gasteiger partial charge < -0.3 is 10.4 Å². The summed E-state index contributed by atoms with van der Waals surface area (Å²) < 4.78 is 23.3. The Bertz CT molecular complexity index is 153. The second-order valence-electron chi connectivity index (χ2n) is 2.86. The molecule has 0 fully saturated rings. The summed E-state index contributed by atoms with van der Waals surface area (Å²) in [6, 6.07) is -0.613. The number of hydrogen-bond acceptors (Lipinski definition) is 2. The van der Waals surface area contributed by atoms with E-state index in [1.54, 1.807) is 7.05 Å². The monoisotopic (exact) mass is 195 g/mol. The lowest BCUT2D eigenvalue weighted by Crippen LogP contribution is -2.33. The third kappa shape index (κ3) is 6.45. The first-order chi connectivity index (χ1) is 6.07. The Kier molecular flexibility index (Phi) is 6.40. The standard InChI is InChI=1S/C8H15F2NO2/c1-11-6(8(12)13)4-2-3-5-7(9)10/h6-7,11H,2-5H2,1H3,(H,12,13)/t6-/m0/s1. The average molecular weight is 195 g/mol. The quantitative estimate of drug-likeness (QED) is 0.605. The molecule has 0 aromatic rings. The molecule has 3 nitrogen and oxygen atoms in total. The SMILES string of the molecule is CN[C@@H](CCCCC(F)F)C(=O)O. The van der Waals surface area contributed by atoms with Crippen LogP contribution in [0.1, 0.15) is 25.7 Å². The molecule has 13 heavy (non-hydrogen) atoms. The zero-order valence-corrected chi connectivity index (χ0v) is 7.59. The summed E-state index contributed by atoms with van der Waals surface area (Å²) in [5, 5.41) is 11.2. The minimum Gasteiger partial charge on any atom is -0.480 e. The molecule has 78 valence electrons. The van der Waals surface area contributed by atoms with E-state index in [2.05, 4.69) is 5.32 Å². The fraction of sp³-hybridized carbons (Fsp3) is 0.875. The number of likely N-dealkylation sites (N-methyl/N-ethyl adjacent to an activating group) is 1. The number of halogens is 2. The van der Waals surface area contributed by atoms with Crippen molar-refractivity contribution in [1.29, 1.82) is 0 Å². The second kappa shape index (κ2) is 6.77. The molecule has 0 aliphatic heterocycles. The first-order valence-corrected chi connectivity index (χ1v) is 4.26. The summed E-state index contributed by atoms with van der Waals surface area (Å²) in [5.74, 6) is -0.931. The van der Waals surface area contributed by atoms with Crippen LogP contribution in [0.2, 0.25) is 0 Å². The molecule has 0 radical (unpaired) electrons. The van der Waals surface area contributed by atoms with Crippen molar-refractivity contribution in [3.05, 3.63) is 0 Å². The number of alkyl halides is 2. The minimum absolute atomic E-state index is 0.143. The van der Waals surface area contributed by atoms with Gasteiger partial charge in [0.1, 0.15) is 6.04 Å². The van der Waals surface area contributed by atoms with Crippen molar-refractivity contribution in [2.24, 2.45) is 0 Å². The Balaban J connectivity index is 3.44. The summed E-state index contributed by atoms with van der Waals surface area (Å²) >= 11 is 0. The first kappa shape index (κ1) is 12.3. The van der Waals surface area contributed by atoms with Crippen LogP contribution in [0.15, 0.2) is 0 Å². The van der Waals surface area contributed by atoms with Crippen molar-refractivity contribution in [1.82, 2.24) is 5.32 Å². The van der Waals surface area contributed by atoms with Gasteiger partial charge in [-0.3, -0.25) is 4.79 Å². The highest BCUT2D eigenvalue weighted by molar-refractivity contribution is 5.73. The van der Waals surface area contributed by atoms with Gasteiger partial charge in [0.2, 0.25) is 6.43 Å². The number of carboxylic acid groups (broad SMARTS) is 1. The number of carbonyl (C=O) groups is 1. The molecular weight excluding hydrogens is 180 g/mol. The van der Waals surface area contributed by atoms with Crippen LogP contribution in [-0.4, -0.2) is 30.6 Å². The summed E-state index contributed by atoms with van der Waals surface area (Å²) in [4.78, 5) is 10.4. The fourth-order valence-electron chi connectivity index (χ4n) is 1.04. The summed E-state index contributed by atoms with van der Waals surface area (Å²) in [5.41, 5.74) is 0. The van der Waals surface area contributed by atoms with Crippen molar-refractivity contribution in [3.63, 3.8) is 0 Å². The molecule has 0 aromatic carbocycles. The number of carboxylic acids is 1. The molecule has 0 amide bonds. The topological polar surface area (TPSA) is 49.3 Å². The molecule has 5 heteroatoms. The number of rotatable bonds is 7. The van der Waals surface area contributed by atoms with Crippen LogP contribution < -0.4 is 5.32 Å². The zero-order chi connectivity index (χ0) is 10.3. The predicted octanol–water partition coefficient (Wildman–Crippen LogP) is 1.48. The molecule has 0 unspecified atom stereocenters. The first-order valence-electron chi connectivity index (χ1n) is 4.26. The average Bonchev–Trinajstić information content (AvgIpc) is 2.03. The van der Waals surface area contributed by atoms with Crippen LogP contribution in [0.5, 0.6) is 0 Å². The van der Waals surface area contributed by atoms with Gasteiger partial charge in [-0.2, -0.15) is 0 Å². The predicted molar refractivity (Wildman–Crippen MR) is 45.0 cm³/mol. The number of aliphatic carboxylic acids is 1. The van der Waals surface area contributed by atoms with Gasteiger partial charge in [0.15, 0.2) is 0 Å². The molecule has 0 saturated carbocycles. The van der Waals surface area contributed by atoms with E-state index in [0.717, 1.165) is 0 Å².